The molecule has 0 aliphatic carbocycles. The Balaban J connectivity index is 1.96. The second-order valence-electron chi connectivity index (χ2n) is 3.59. The van der Waals surface area contributed by atoms with Crippen molar-refractivity contribution in [3.63, 3.8) is 0 Å². The van der Waals surface area contributed by atoms with Crippen molar-refractivity contribution >= 4 is 27.3 Å². The lowest BCUT2D eigenvalue weighted by molar-refractivity contribution is 0.374. The molecule has 1 heterocycles. The summed E-state index contributed by atoms with van der Waals surface area (Å²) in [5, 5.41) is 5.75. The number of anilines is 1. The number of ether oxygens (including phenoxy) is 1. The van der Waals surface area contributed by atoms with Crippen LogP contribution in [0.2, 0.25) is 0 Å². The minimum absolute atomic E-state index is 0.390. The number of hydrogen-bond acceptors (Lipinski definition) is 5. The van der Waals surface area contributed by atoms with E-state index in [-0.39, 0.29) is 0 Å². The van der Waals surface area contributed by atoms with Gasteiger partial charge in [-0.05, 0) is 12.1 Å². The predicted molar refractivity (Wildman–Crippen MR) is 70.8 cm³/mol. The zero-order chi connectivity index (χ0) is 12.8. The van der Waals surface area contributed by atoms with Crippen molar-refractivity contribution in [3.8, 4) is 5.75 Å². The van der Waals surface area contributed by atoms with Gasteiger partial charge in [0.15, 0.2) is 0 Å². The number of nitrogens with one attached hydrogen (secondary N) is 2. The first-order valence-corrected chi connectivity index (χ1v) is 6.56. The minimum Gasteiger partial charge on any atom is -0.486 e. The Kier molecular flexibility index (Phi) is 4.19. The Morgan fingerprint density at radius 3 is 3.11 bits per heavy atom. The molecule has 1 aliphatic rings. The monoisotopic (exact) mass is 267 g/mol. The molecule has 0 spiro atoms. The normalized spacial score (nSPS) is 13.4. The summed E-state index contributed by atoms with van der Waals surface area (Å²) in [6.45, 7) is 2.02. The Morgan fingerprint density at radius 2 is 2.39 bits per heavy atom. The topological polar surface area (TPSA) is 79.8 Å². The molecule has 1 aromatic carbocycles. The minimum atomic E-state index is -2.23. The number of nitrogens with zero attached hydrogens (tertiary/aromatic N) is 1. The number of aliphatic imine (C=N–C) groups is 1. The molecule has 0 bridgehead atoms. The molecular weight excluding hydrogens is 254 g/mol. The van der Waals surface area contributed by atoms with E-state index < -0.39 is 10.3 Å². The summed E-state index contributed by atoms with van der Waals surface area (Å²) < 4.78 is 26.3. The Labute approximate surface area is 106 Å². The van der Waals surface area contributed by atoms with Gasteiger partial charge in [0.2, 0.25) is 10.3 Å². The highest BCUT2D eigenvalue weighted by atomic mass is 32.2. The third kappa shape index (κ3) is 3.77. The van der Waals surface area contributed by atoms with Crippen LogP contribution in [0.15, 0.2) is 29.3 Å². The maximum absolute atomic E-state index is 10.4. The van der Waals surface area contributed by atoms with E-state index in [9.17, 15) is 8.42 Å². The molecule has 0 radical (unpaired) electrons. The zero-order valence-corrected chi connectivity index (χ0v) is 10.4. The maximum Gasteiger partial charge on any atom is 0.230 e. The standard InChI is InChI=1S/C11H13N3O3S/c15-18(16)8-14-9-2-1-3-10(6-9)17-7-11-12-4-5-13-11/h1-3,6,8,14H,4-5,7H2,(H,12,13). The van der Waals surface area contributed by atoms with E-state index in [0.29, 0.717) is 18.0 Å². The smallest absolute Gasteiger partial charge is 0.230 e. The third-order valence-corrected chi connectivity index (χ3v) is 2.59. The van der Waals surface area contributed by atoms with Gasteiger partial charge in [0.1, 0.15) is 23.7 Å². The summed E-state index contributed by atoms with van der Waals surface area (Å²) in [5.74, 6) is 1.49. The van der Waals surface area contributed by atoms with Gasteiger partial charge in [-0.2, -0.15) is 8.42 Å². The first-order chi connectivity index (χ1) is 8.74. The zero-order valence-electron chi connectivity index (χ0n) is 9.59. The summed E-state index contributed by atoms with van der Waals surface area (Å²) in [6.07, 6.45) is 0. The summed E-state index contributed by atoms with van der Waals surface area (Å²) >= 11 is 0. The SMILES string of the molecule is O=S(=O)=CNc1cccc(OCC2=NCCN2)c1. The van der Waals surface area contributed by atoms with E-state index >= 15 is 0 Å². The highest BCUT2D eigenvalue weighted by Gasteiger charge is 2.05. The Morgan fingerprint density at radius 1 is 1.50 bits per heavy atom. The summed E-state index contributed by atoms with van der Waals surface area (Å²) in [4.78, 5) is 4.21. The molecule has 0 atom stereocenters. The van der Waals surface area contributed by atoms with Crippen LogP contribution in [-0.2, 0) is 10.3 Å². The molecule has 2 rings (SSSR count). The molecule has 18 heavy (non-hydrogen) atoms. The second kappa shape index (κ2) is 6.06. The van der Waals surface area contributed by atoms with E-state index in [2.05, 4.69) is 15.6 Å². The van der Waals surface area contributed by atoms with Crippen molar-refractivity contribution in [3.05, 3.63) is 24.3 Å². The van der Waals surface area contributed by atoms with Crippen molar-refractivity contribution in [1.29, 1.82) is 0 Å². The highest BCUT2D eigenvalue weighted by Crippen LogP contribution is 2.16. The number of benzene rings is 1. The molecule has 0 unspecified atom stereocenters. The molecule has 2 N–H and O–H groups in total. The van der Waals surface area contributed by atoms with Gasteiger partial charge in [-0.15, -0.1) is 0 Å². The highest BCUT2D eigenvalue weighted by molar-refractivity contribution is 7.71. The first kappa shape index (κ1) is 12.4. The average Bonchev–Trinajstić information content (AvgIpc) is 2.87. The second-order valence-corrected chi connectivity index (χ2v) is 4.35. The molecule has 0 amide bonds. The molecule has 96 valence electrons. The van der Waals surface area contributed by atoms with Gasteiger partial charge < -0.3 is 15.4 Å². The first-order valence-electron chi connectivity index (χ1n) is 5.42. The summed E-state index contributed by atoms with van der Waals surface area (Å²) in [7, 11) is -2.23. The van der Waals surface area contributed by atoms with Crippen LogP contribution in [0.5, 0.6) is 5.75 Å². The molecule has 1 aliphatic heterocycles. The van der Waals surface area contributed by atoms with Crippen molar-refractivity contribution < 1.29 is 13.2 Å². The average molecular weight is 267 g/mol. The van der Waals surface area contributed by atoms with Gasteiger partial charge in [0, 0.05) is 18.3 Å². The van der Waals surface area contributed by atoms with Gasteiger partial charge in [0.25, 0.3) is 0 Å². The Hall–Kier alpha value is -2.02. The summed E-state index contributed by atoms with van der Waals surface area (Å²) in [6, 6.07) is 7.05. The predicted octanol–water partition coefficient (Wildman–Crippen LogP) is 0.118. The van der Waals surface area contributed by atoms with E-state index in [4.69, 9.17) is 4.74 Å². The van der Waals surface area contributed by atoms with Gasteiger partial charge in [-0.25, -0.2) is 0 Å². The van der Waals surface area contributed by atoms with Crippen molar-refractivity contribution in [2.24, 2.45) is 4.99 Å². The molecule has 1 aromatic rings. The van der Waals surface area contributed by atoms with Crippen LogP contribution in [-0.4, -0.2) is 39.4 Å². The van der Waals surface area contributed by atoms with Crippen LogP contribution in [0.25, 0.3) is 0 Å². The van der Waals surface area contributed by atoms with Crippen LogP contribution >= 0.6 is 0 Å². The van der Waals surface area contributed by atoms with E-state index in [0.717, 1.165) is 24.4 Å². The Bertz CT molecular complexity index is 573. The lowest BCUT2D eigenvalue weighted by atomic mass is 10.3. The lowest BCUT2D eigenvalue weighted by Crippen LogP contribution is -2.24. The van der Waals surface area contributed by atoms with Crippen molar-refractivity contribution in [2.45, 2.75) is 0 Å². The molecule has 0 fully saturated rings. The summed E-state index contributed by atoms with van der Waals surface area (Å²) in [5.41, 5.74) is 1.62. The number of amidine groups is 1. The molecule has 0 aromatic heterocycles. The van der Waals surface area contributed by atoms with Crippen LogP contribution in [0.4, 0.5) is 5.69 Å². The largest absolute Gasteiger partial charge is 0.486 e. The van der Waals surface area contributed by atoms with Crippen molar-refractivity contribution in [1.82, 2.24) is 5.32 Å². The van der Waals surface area contributed by atoms with Gasteiger partial charge >= 0.3 is 0 Å². The third-order valence-electron chi connectivity index (χ3n) is 2.27. The van der Waals surface area contributed by atoms with Crippen LogP contribution < -0.4 is 15.4 Å². The van der Waals surface area contributed by atoms with E-state index in [1.54, 1.807) is 24.3 Å². The van der Waals surface area contributed by atoms with Gasteiger partial charge in [-0.3, -0.25) is 4.99 Å². The molecule has 0 saturated heterocycles. The van der Waals surface area contributed by atoms with Crippen molar-refractivity contribution in [2.75, 3.05) is 25.0 Å². The van der Waals surface area contributed by atoms with Crippen LogP contribution in [0.3, 0.4) is 0 Å². The molecule has 6 nitrogen and oxygen atoms in total. The van der Waals surface area contributed by atoms with Gasteiger partial charge in [0.05, 0.1) is 6.54 Å². The molecular formula is C11H13N3O3S. The lowest BCUT2D eigenvalue weighted by Gasteiger charge is -2.07. The number of hydrogen-bond donors (Lipinski definition) is 2. The number of rotatable bonds is 5. The van der Waals surface area contributed by atoms with E-state index in [1.165, 1.54) is 0 Å². The van der Waals surface area contributed by atoms with Crippen LogP contribution in [0.1, 0.15) is 0 Å². The van der Waals surface area contributed by atoms with Crippen LogP contribution in [0, 0.1) is 0 Å². The fraction of sp³-hybridized carbons (Fsp3) is 0.273. The van der Waals surface area contributed by atoms with E-state index in [1.807, 2.05) is 0 Å². The molecule has 7 heteroatoms. The quantitative estimate of drug-likeness (QED) is 0.741. The fourth-order valence-electron chi connectivity index (χ4n) is 1.49. The molecule has 0 saturated carbocycles. The fourth-order valence-corrected chi connectivity index (χ4v) is 1.72. The maximum atomic E-state index is 10.4. The van der Waals surface area contributed by atoms with Gasteiger partial charge in [-0.1, -0.05) is 6.07 Å².